The molecule has 0 saturated carbocycles. The molecule has 2 aromatic carbocycles. The molecule has 2 rings (SSSR count). The van der Waals surface area contributed by atoms with Gasteiger partial charge in [0.05, 0.1) is 21.6 Å². The van der Waals surface area contributed by atoms with Gasteiger partial charge in [0.2, 0.25) is 11.5 Å². The maximum atomic E-state index is 13.7. The number of carbonyl (C=O) groups is 1. The van der Waals surface area contributed by atoms with Crippen molar-refractivity contribution in [3.63, 3.8) is 0 Å². The van der Waals surface area contributed by atoms with Crippen molar-refractivity contribution in [2.75, 3.05) is 11.9 Å². The molecule has 1 amide bonds. The van der Waals surface area contributed by atoms with Crippen LogP contribution in [0.3, 0.4) is 0 Å². The minimum absolute atomic E-state index is 0.160. The lowest BCUT2D eigenvalue weighted by Gasteiger charge is -2.32. The van der Waals surface area contributed by atoms with Crippen LogP contribution in [0.25, 0.3) is 0 Å². The van der Waals surface area contributed by atoms with Gasteiger partial charge in [-0.15, -0.1) is 0 Å². The maximum absolute atomic E-state index is 13.7. The van der Waals surface area contributed by atoms with Crippen LogP contribution in [0.4, 0.5) is 32.0 Å². The molecule has 0 aliphatic rings. The smallest absolute Gasteiger partial charge is 0.381 e. The Bertz CT molecular complexity index is 944. The minimum Gasteiger partial charge on any atom is -0.381 e. The molecule has 0 saturated heterocycles. The largest absolute Gasteiger partial charge is 0.423 e. The summed E-state index contributed by atoms with van der Waals surface area (Å²) in [7, 11) is 0. The molecule has 0 fully saturated rings. The Morgan fingerprint density at radius 2 is 1.47 bits per heavy atom. The molecule has 0 radical (unpaired) electrons. The van der Waals surface area contributed by atoms with Crippen molar-refractivity contribution in [3.8, 4) is 0 Å². The van der Waals surface area contributed by atoms with E-state index in [2.05, 4.69) is 10.6 Å². The molecular formula is C19H15Cl3F6N2O2. The van der Waals surface area contributed by atoms with Crippen LogP contribution >= 0.6 is 34.8 Å². The van der Waals surface area contributed by atoms with Crippen LogP contribution in [0.1, 0.15) is 17.5 Å². The van der Waals surface area contributed by atoms with E-state index in [4.69, 9.17) is 34.8 Å². The molecule has 0 aliphatic carbocycles. The molecule has 176 valence electrons. The number of alkyl halides is 6. The van der Waals surface area contributed by atoms with Crippen LogP contribution in [-0.2, 0) is 16.9 Å². The Morgan fingerprint density at radius 3 is 1.94 bits per heavy atom. The third-order valence-electron chi connectivity index (χ3n) is 4.28. The monoisotopic (exact) mass is 522 g/mol. The van der Waals surface area contributed by atoms with Crippen LogP contribution in [0, 0.1) is 0 Å². The molecule has 2 aromatic rings. The predicted molar refractivity (Wildman–Crippen MR) is 109 cm³/mol. The summed E-state index contributed by atoms with van der Waals surface area (Å²) in [4.78, 5) is 11.2. The first-order chi connectivity index (χ1) is 14.6. The van der Waals surface area contributed by atoms with E-state index in [0.29, 0.717) is 5.56 Å². The van der Waals surface area contributed by atoms with Crippen molar-refractivity contribution in [3.05, 3.63) is 62.6 Å². The van der Waals surface area contributed by atoms with Crippen LogP contribution in [-0.4, -0.2) is 29.9 Å². The molecule has 0 aromatic heterocycles. The molecule has 0 spiro atoms. The average molecular weight is 524 g/mol. The number of anilines is 1. The zero-order chi connectivity index (χ0) is 24.3. The lowest BCUT2D eigenvalue weighted by atomic mass is 9.92. The number of rotatable bonds is 7. The second-order valence-corrected chi connectivity index (χ2v) is 7.92. The van der Waals surface area contributed by atoms with E-state index in [1.165, 1.54) is 24.3 Å². The fourth-order valence-corrected chi connectivity index (χ4v) is 3.17. The van der Waals surface area contributed by atoms with Crippen LogP contribution in [0.5, 0.6) is 0 Å². The molecule has 1 atom stereocenters. The van der Waals surface area contributed by atoms with Gasteiger partial charge in [-0.2, -0.15) is 26.3 Å². The fourth-order valence-electron chi connectivity index (χ4n) is 2.58. The van der Waals surface area contributed by atoms with Crippen molar-refractivity contribution >= 4 is 46.4 Å². The highest BCUT2D eigenvalue weighted by molar-refractivity contribution is 6.48. The molecule has 13 heteroatoms. The van der Waals surface area contributed by atoms with E-state index in [-0.39, 0.29) is 27.3 Å². The Morgan fingerprint density at radius 1 is 0.938 bits per heavy atom. The van der Waals surface area contributed by atoms with E-state index in [0.717, 1.165) is 12.1 Å². The molecular weight excluding hydrogens is 509 g/mol. The first-order valence-corrected chi connectivity index (χ1v) is 9.86. The summed E-state index contributed by atoms with van der Waals surface area (Å²) in [5, 5.41) is 14.3. The third-order valence-corrected chi connectivity index (χ3v) is 5.48. The maximum Gasteiger partial charge on any atom is 0.423 e. The zero-order valence-electron chi connectivity index (χ0n) is 15.8. The lowest BCUT2D eigenvalue weighted by molar-refractivity contribution is -0.260. The first-order valence-electron chi connectivity index (χ1n) is 8.73. The Balaban J connectivity index is 2.10. The summed E-state index contributed by atoms with van der Waals surface area (Å²) in [5.41, 5.74) is -3.41. The van der Waals surface area contributed by atoms with E-state index < -0.39 is 42.4 Å². The lowest BCUT2D eigenvalue weighted by Crippen LogP contribution is -2.47. The predicted octanol–water partition coefficient (Wildman–Crippen LogP) is 6.08. The van der Waals surface area contributed by atoms with Crippen molar-refractivity contribution in [1.29, 1.82) is 0 Å². The number of carbonyl (C=O) groups excluding carboxylic acids is 1. The van der Waals surface area contributed by atoms with Gasteiger partial charge in [-0.3, -0.25) is 4.79 Å². The van der Waals surface area contributed by atoms with Crippen molar-refractivity contribution in [1.82, 2.24) is 5.32 Å². The minimum atomic E-state index is -5.11. The SMILES string of the molecule is O=C(CC(F)(F)F)NCc1ccc(NC[C@](O)(c2cc(Cl)c(Cl)c(Cl)c2)C(F)(F)F)cc1. The van der Waals surface area contributed by atoms with Gasteiger partial charge in [0.25, 0.3) is 0 Å². The Kier molecular flexibility index (Phi) is 8.20. The van der Waals surface area contributed by atoms with E-state index >= 15 is 0 Å². The second kappa shape index (κ2) is 9.94. The van der Waals surface area contributed by atoms with Gasteiger partial charge in [0.1, 0.15) is 6.42 Å². The van der Waals surface area contributed by atoms with Gasteiger partial charge < -0.3 is 15.7 Å². The van der Waals surface area contributed by atoms with Crippen molar-refractivity contribution in [2.24, 2.45) is 0 Å². The van der Waals surface area contributed by atoms with Gasteiger partial charge in [0, 0.05) is 12.2 Å². The number of benzene rings is 2. The fraction of sp³-hybridized carbons (Fsp3) is 0.316. The van der Waals surface area contributed by atoms with Gasteiger partial charge in [-0.25, -0.2) is 0 Å². The summed E-state index contributed by atoms with van der Waals surface area (Å²) in [5.74, 6) is -1.21. The molecule has 0 bridgehead atoms. The summed E-state index contributed by atoms with van der Waals surface area (Å²) >= 11 is 17.3. The van der Waals surface area contributed by atoms with Crippen LogP contribution < -0.4 is 10.6 Å². The quantitative estimate of drug-likeness (QED) is 0.305. The van der Waals surface area contributed by atoms with Crippen molar-refractivity contribution < 1.29 is 36.2 Å². The molecule has 0 heterocycles. The summed E-state index contributed by atoms with van der Waals surface area (Å²) in [6.45, 7) is -1.21. The summed E-state index contributed by atoms with van der Waals surface area (Å²) < 4.78 is 77.5. The molecule has 3 N–H and O–H groups in total. The number of amides is 1. The van der Waals surface area contributed by atoms with Crippen LogP contribution in [0.15, 0.2) is 36.4 Å². The van der Waals surface area contributed by atoms with Gasteiger partial charge in [-0.1, -0.05) is 46.9 Å². The summed E-state index contributed by atoms with van der Waals surface area (Å²) in [6, 6.07) is 7.17. The number of nitrogens with one attached hydrogen (secondary N) is 2. The molecule has 0 unspecified atom stereocenters. The number of aliphatic hydroxyl groups is 1. The second-order valence-electron chi connectivity index (χ2n) is 6.73. The highest BCUT2D eigenvalue weighted by Crippen LogP contribution is 2.43. The third kappa shape index (κ3) is 6.81. The van der Waals surface area contributed by atoms with E-state index in [1.807, 2.05) is 0 Å². The highest BCUT2D eigenvalue weighted by atomic mass is 35.5. The normalized spacial score (nSPS) is 14.1. The first kappa shape index (κ1) is 26.4. The van der Waals surface area contributed by atoms with Gasteiger partial charge >= 0.3 is 12.4 Å². The number of halogens is 9. The number of hydrogen-bond acceptors (Lipinski definition) is 3. The highest BCUT2D eigenvalue weighted by Gasteiger charge is 2.55. The van der Waals surface area contributed by atoms with Crippen molar-refractivity contribution in [2.45, 2.75) is 30.9 Å². The Labute approximate surface area is 193 Å². The average Bonchev–Trinajstić information content (AvgIpc) is 2.66. The van der Waals surface area contributed by atoms with Gasteiger partial charge in [-0.05, 0) is 35.4 Å². The number of hydrogen-bond donors (Lipinski definition) is 3. The van der Waals surface area contributed by atoms with Gasteiger partial charge in [0.15, 0.2) is 0 Å². The standard InChI is InChI=1S/C19H15Cl3F6N2O2/c20-13-5-11(6-14(21)16(13)22)17(32,19(26,27)28)9-30-12-3-1-10(2-4-12)8-29-15(31)7-18(23,24)25/h1-6,30,32H,7-9H2,(H,29,31)/t17-/m0/s1. The summed E-state index contributed by atoms with van der Waals surface area (Å²) in [6.07, 6.45) is -11.4. The van der Waals surface area contributed by atoms with E-state index in [9.17, 15) is 36.2 Å². The molecule has 0 aliphatic heterocycles. The topological polar surface area (TPSA) is 61.4 Å². The zero-order valence-corrected chi connectivity index (χ0v) is 18.1. The molecule has 32 heavy (non-hydrogen) atoms. The Hall–Kier alpha value is -1.88. The molecule has 4 nitrogen and oxygen atoms in total. The van der Waals surface area contributed by atoms with E-state index in [1.54, 1.807) is 0 Å². The van der Waals surface area contributed by atoms with Crippen LogP contribution in [0.2, 0.25) is 15.1 Å².